The third-order valence-corrected chi connectivity index (χ3v) is 4.03. The molecule has 1 aromatic rings. The van der Waals surface area contributed by atoms with Gasteiger partial charge in [-0.1, -0.05) is 12.1 Å². The molecule has 1 aliphatic heterocycles. The minimum Gasteiger partial charge on any atom is -0.324 e. The molecule has 1 saturated heterocycles. The van der Waals surface area contributed by atoms with Crippen LogP contribution >= 0.6 is 12.4 Å². The van der Waals surface area contributed by atoms with Gasteiger partial charge in [0.2, 0.25) is 5.91 Å². The molecule has 1 aliphatic carbocycles. The Morgan fingerprint density at radius 1 is 1.21 bits per heavy atom. The van der Waals surface area contributed by atoms with Crippen LogP contribution in [0, 0.1) is 0 Å². The molecule has 2 aliphatic rings. The van der Waals surface area contributed by atoms with E-state index in [1.807, 2.05) is 6.07 Å². The summed E-state index contributed by atoms with van der Waals surface area (Å²) in [5.41, 5.74) is 3.81. The summed E-state index contributed by atoms with van der Waals surface area (Å²) in [7, 11) is 0. The van der Waals surface area contributed by atoms with Gasteiger partial charge in [-0.2, -0.15) is 0 Å². The number of hydrogen-bond acceptors (Lipinski definition) is 2. The number of hydrogen-bond donors (Lipinski definition) is 2. The lowest BCUT2D eigenvalue weighted by Crippen LogP contribution is -2.35. The monoisotopic (exact) mass is 280 g/mol. The van der Waals surface area contributed by atoms with E-state index in [9.17, 15) is 4.79 Å². The van der Waals surface area contributed by atoms with Crippen LogP contribution in [0.5, 0.6) is 0 Å². The van der Waals surface area contributed by atoms with E-state index in [4.69, 9.17) is 0 Å². The fraction of sp³-hybridized carbons (Fsp3) is 0.533. The van der Waals surface area contributed by atoms with Gasteiger partial charge in [0.15, 0.2) is 0 Å². The highest BCUT2D eigenvalue weighted by Crippen LogP contribution is 2.28. The lowest BCUT2D eigenvalue weighted by Gasteiger charge is -2.20. The Morgan fingerprint density at radius 3 is 2.84 bits per heavy atom. The number of fused-ring (bicyclic) bond motifs is 1. The molecular weight excluding hydrogens is 260 g/mol. The predicted octanol–water partition coefficient (Wildman–Crippen LogP) is 2.68. The number of anilines is 1. The van der Waals surface area contributed by atoms with Crippen LogP contribution in [-0.2, 0) is 17.6 Å². The molecular formula is C15H21ClN2O. The van der Waals surface area contributed by atoms with Crippen LogP contribution < -0.4 is 10.6 Å². The van der Waals surface area contributed by atoms with Crippen LogP contribution in [0.25, 0.3) is 0 Å². The molecule has 2 N–H and O–H groups in total. The molecule has 0 aromatic heterocycles. The number of nitrogens with one attached hydrogen (secondary N) is 2. The second-order valence-electron chi connectivity index (χ2n) is 5.29. The second-order valence-corrected chi connectivity index (χ2v) is 5.29. The largest absolute Gasteiger partial charge is 0.324 e. The number of rotatable bonds is 2. The Hall–Kier alpha value is -1.06. The van der Waals surface area contributed by atoms with Gasteiger partial charge in [-0.3, -0.25) is 4.79 Å². The zero-order valence-corrected chi connectivity index (χ0v) is 11.9. The van der Waals surface area contributed by atoms with Crippen molar-refractivity contribution in [3.8, 4) is 0 Å². The summed E-state index contributed by atoms with van der Waals surface area (Å²) in [4.78, 5) is 12.1. The lowest BCUT2D eigenvalue weighted by atomic mass is 9.90. The Kier molecular flexibility index (Phi) is 4.83. The van der Waals surface area contributed by atoms with Crippen LogP contribution in [0.2, 0.25) is 0 Å². The molecule has 1 heterocycles. The molecule has 0 bridgehead atoms. The standard InChI is InChI=1S/C15H20N2O.ClH/c18-15(14-9-4-10-16-14)17-13-8-3-6-11-5-1-2-7-12(11)13;/h3,6,8,14,16H,1-2,4-5,7,9-10H2,(H,17,18);1H. The first-order chi connectivity index (χ1) is 8.84. The molecule has 1 fully saturated rings. The first kappa shape index (κ1) is 14.4. The van der Waals surface area contributed by atoms with Crippen molar-refractivity contribution in [2.75, 3.05) is 11.9 Å². The maximum atomic E-state index is 12.1. The zero-order chi connectivity index (χ0) is 12.4. The zero-order valence-electron chi connectivity index (χ0n) is 11.1. The average molecular weight is 281 g/mol. The predicted molar refractivity (Wildman–Crippen MR) is 80.0 cm³/mol. The Morgan fingerprint density at radius 2 is 2.05 bits per heavy atom. The Labute approximate surface area is 120 Å². The van der Waals surface area contributed by atoms with Crippen molar-refractivity contribution in [3.63, 3.8) is 0 Å². The topological polar surface area (TPSA) is 41.1 Å². The van der Waals surface area contributed by atoms with Crippen molar-refractivity contribution in [1.29, 1.82) is 0 Å². The Bertz CT molecular complexity index is 455. The number of halogens is 1. The summed E-state index contributed by atoms with van der Waals surface area (Å²) in [5, 5.41) is 6.36. The van der Waals surface area contributed by atoms with Gasteiger partial charge in [-0.05, 0) is 62.3 Å². The third kappa shape index (κ3) is 3.10. The number of carbonyl (C=O) groups is 1. The highest BCUT2D eigenvalue weighted by atomic mass is 35.5. The van der Waals surface area contributed by atoms with Crippen molar-refractivity contribution in [2.24, 2.45) is 0 Å². The van der Waals surface area contributed by atoms with Gasteiger partial charge in [0.05, 0.1) is 6.04 Å². The molecule has 19 heavy (non-hydrogen) atoms. The van der Waals surface area contributed by atoms with E-state index in [1.165, 1.54) is 24.0 Å². The van der Waals surface area contributed by atoms with E-state index in [2.05, 4.69) is 22.8 Å². The summed E-state index contributed by atoms with van der Waals surface area (Å²) in [5.74, 6) is 0.131. The van der Waals surface area contributed by atoms with Crippen molar-refractivity contribution >= 4 is 24.0 Å². The molecule has 3 rings (SSSR count). The molecule has 4 heteroatoms. The molecule has 0 radical (unpaired) electrons. The van der Waals surface area contributed by atoms with Crippen molar-refractivity contribution in [2.45, 2.75) is 44.6 Å². The van der Waals surface area contributed by atoms with E-state index < -0.39 is 0 Å². The summed E-state index contributed by atoms with van der Waals surface area (Å²) in [6, 6.07) is 6.29. The summed E-state index contributed by atoms with van der Waals surface area (Å²) >= 11 is 0. The SMILES string of the molecule is Cl.O=C(Nc1cccc2c1CCCC2)C1CCCN1. The first-order valence-corrected chi connectivity index (χ1v) is 6.99. The molecule has 1 atom stereocenters. The van der Waals surface area contributed by atoms with Crippen LogP contribution in [0.3, 0.4) is 0 Å². The minimum atomic E-state index is 0. The number of amides is 1. The van der Waals surface area contributed by atoms with Gasteiger partial charge >= 0.3 is 0 Å². The quantitative estimate of drug-likeness (QED) is 0.874. The van der Waals surface area contributed by atoms with Crippen LogP contribution in [0.15, 0.2) is 18.2 Å². The van der Waals surface area contributed by atoms with Gasteiger partial charge in [-0.15, -0.1) is 12.4 Å². The van der Waals surface area contributed by atoms with E-state index in [0.29, 0.717) is 0 Å². The second kappa shape index (κ2) is 6.40. The summed E-state index contributed by atoms with van der Waals surface area (Å²) in [6.45, 7) is 0.963. The molecule has 104 valence electrons. The normalized spacial score (nSPS) is 21.4. The third-order valence-electron chi connectivity index (χ3n) is 4.03. The van der Waals surface area contributed by atoms with Crippen LogP contribution in [0.4, 0.5) is 5.69 Å². The maximum Gasteiger partial charge on any atom is 0.241 e. The fourth-order valence-corrected chi connectivity index (χ4v) is 3.03. The van der Waals surface area contributed by atoms with Crippen LogP contribution in [0.1, 0.15) is 36.8 Å². The van der Waals surface area contributed by atoms with E-state index >= 15 is 0 Å². The van der Waals surface area contributed by atoms with Gasteiger partial charge in [0, 0.05) is 5.69 Å². The number of carbonyl (C=O) groups excluding carboxylic acids is 1. The molecule has 1 unspecified atom stereocenters. The van der Waals surface area contributed by atoms with E-state index in [1.54, 1.807) is 0 Å². The van der Waals surface area contributed by atoms with Crippen molar-refractivity contribution in [3.05, 3.63) is 29.3 Å². The van der Waals surface area contributed by atoms with E-state index in [-0.39, 0.29) is 24.4 Å². The highest BCUT2D eigenvalue weighted by Gasteiger charge is 2.23. The van der Waals surface area contributed by atoms with E-state index in [0.717, 1.165) is 37.9 Å². The Balaban J connectivity index is 0.00000133. The molecule has 1 amide bonds. The average Bonchev–Trinajstić information content (AvgIpc) is 2.93. The molecule has 1 aromatic carbocycles. The van der Waals surface area contributed by atoms with Crippen LogP contribution in [-0.4, -0.2) is 18.5 Å². The first-order valence-electron chi connectivity index (χ1n) is 6.99. The van der Waals surface area contributed by atoms with Crippen molar-refractivity contribution in [1.82, 2.24) is 5.32 Å². The fourth-order valence-electron chi connectivity index (χ4n) is 3.03. The number of aryl methyl sites for hydroxylation is 1. The number of benzene rings is 1. The molecule has 0 saturated carbocycles. The van der Waals surface area contributed by atoms with Gasteiger partial charge in [0.25, 0.3) is 0 Å². The molecule has 0 spiro atoms. The molecule has 3 nitrogen and oxygen atoms in total. The van der Waals surface area contributed by atoms with Crippen molar-refractivity contribution < 1.29 is 4.79 Å². The minimum absolute atomic E-state index is 0. The van der Waals surface area contributed by atoms with Gasteiger partial charge < -0.3 is 10.6 Å². The maximum absolute atomic E-state index is 12.1. The smallest absolute Gasteiger partial charge is 0.241 e. The van der Waals surface area contributed by atoms with Gasteiger partial charge in [-0.25, -0.2) is 0 Å². The highest BCUT2D eigenvalue weighted by molar-refractivity contribution is 5.95. The lowest BCUT2D eigenvalue weighted by molar-refractivity contribution is -0.117. The summed E-state index contributed by atoms with van der Waals surface area (Å²) < 4.78 is 0. The van der Waals surface area contributed by atoms with Gasteiger partial charge in [0.1, 0.15) is 0 Å². The summed E-state index contributed by atoms with van der Waals surface area (Å²) in [6.07, 6.45) is 6.83.